The summed E-state index contributed by atoms with van der Waals surface area (Å²) in [4.78, 5) is 18.1. The van der Waals surface area contributed by atoms with Crippen LogP contribution in [0.1, 0.15) is 24.2 Å². The minimum atomic E-state index is -0.0246. The number of anilines is 1. The zero-order valence-corrected chi connectivity index (χ0v) is 12.0. The van der Waals surface area contributed by atoms with Crippen molar-refractivity contribution >= 4 is 35.1 Å². The minimum Gasteiger partial charge on any atom is -0.382 e. The van der Waals surface area contributed by atoms with Crippen LogP contribution >= 0.6 is 23.4 Å². The Morgan fingerprint density at radius 3 is 2.67 bits per heavy atom. The quantitative estimate of drug-likeness (QED) is 0.860. The van der Waals surface area contributed by atoms with Crippen molar-refractivity contribution in [1.29, 1.82) is 0 Å². The number of rotatable bonds is 1. The molecule has 0 saturated carbocycles. The van der Waals surface area contributed by atoms with Gasteiger partial charge in [-0.2, -0.15) is 11.8 Å². The zero-order valence-electron chi connectivity index (χ0n) is 10.4. The fourth-order valence-electron chi connectivity index (χ4n) is 2.09. The summed E-state index contributed by atoms with van der Waals surface area (Å²) in [5, 5.41) is 1.23. The highest BCUT2D eigenvalue weighted by atomic mass is 35.5. The maximum atomic E-state index is 12.3. The van der Waals surface area contributed by atoms with Crippen molar-refractivity contribution in [1.82, 2.24) is 9.88 Å². The minimum absolute atomic E-state index is 0.0246. The van der Waals surface area contributed by atoms with E-state index >= 15 is 0 Å². The van der Waals surface area contributed by atoms with Gasteiger partial charge in [-0.15, -0.1) is 0 Å². The van der Waals surface area contributed by atoms with Gasteiger partial charge < -0.3 is 10.6 Å². The van der Waals surface area contributed by atoms with Crippen LogP contribution in [0, 0.1) is 0 Å². The molecule has 1 aliphatic rings. The van der Waals surface area contributed by atoms with Gasteiger partial charge in [-0.3, -0.25) is 4.79 Å². The summed E-state index contributed by atoms with van der Waals surface area (Å²) in [5.41, 5.74) is 6.04. The summed E-state index contributed by atoms with van der Waals surface area (Å²) in [6.45, 7) is 5.79. The van der Waals surface area contributed by atoms with Crippen LogP contribution in [0.5, 0.6) is 0 Å². The molecular formula is C12H16ClN3OS. The number of thioether (sulfide) groups is 1. The average Bonchev–Trinajstić information content (AvgIpc) is 2.30. The standard InChI is InChI=1S/C12H16ClN3OS/c1-7-5-16(6-8(2)18-7)12(17)9-3-10(13)11(14)15-4-9/h3-4,7-8H,5-6H2,1-2H3,(H2,14,15). The first-order chi connectivity index (χ1) is 8.47. The molecule has 0 bridgehead atoms. The van der Waals surface area contributed by atoms with Crippen LogP contribution in [0.25, 0.3) is 0 Å². The topological polar surface area (TPSA) is 59.2 Å². The van der Waals surface area contributed by atoms with Gasteiger partial charge in [0.1, 0.15) is 5.82 Å². The van der Waals surface area contributed by atoms with Crippen molar-refractivity contribution in [3.8, 4) is 0 Å². The van der Waals surface area contributed by atoms with Gasteiger partial charge in [-0.1, -0.05) is 25.4 Å². The maximum absolute atomic E-state index is 12.3. The van der Waals surface area contributed by atoms with E-state index in [9.17, 15) is 4.79 Å². The first kappa shape index (κ1) is 13.5. The fourth-order valence-corrected chi connectivity index (χ4v) is 3.58. The van der Waals surface area contributed by atoms with Gasteiger partial charge >= 0.3 is 0 Å². The number of nitrogens with zero attached hydrogens (tertiary/aromatic N) is 2. The molecule has 1 aromatic rings. The Labute approximate surface area is 116 Å². The van der Waals surface area contributed by atoms with E-state index in [0.29, 0.717) is 21.1 Å². The lowest BCUT2D eigenvalue weighted by Crippen LogP contribution is -2.44. The molecule has 2 N–H and O–H groups in total. The summed E-state index contributed by atoms with van der Waals surface area (Å²) in [7, 11) is 0. The number of nitrogens with two attached hydrogens (primary N) is 1. The molecule has 0 spiro atoms. The third-order valence-corrected chi connectivity index (χ3v) is 4.35. The van der Waals surface area contributed by atoms with Gasteiger partial charge in [0.2, 0.25) is 0 Å². The van der Waals surface area contributed by atoms with Crippen LogP contribution in [0.3, 0.4) is 0 Å². The van der Waals surface area contributed by atoms with Gasteiger partial charge in [-0.25, -0.2) is 4.98 Å². The second kappa shape index (κ2) is 5.36. The largest absolute Gasteiger partial charge is 0.382 e. The van der Waals surface area contributed by atoms with Crippen LogP contribution < -0.4 is 5.73 Å². The van der Waals surface area contributed by atoms with E-state index in [4.69, 9.17) is 17.3 Å². The highest BCUT2D eigenvalue weighted by Gasteiger charge is 2.26. The smallest absolute Gasteiger partial charge is 0.255 e. The second-order valence-corrected chi connectivity index (χ2v) is 6.85. The van der Waals surface area contributed by atoms with Gasteiger partial charge in [0, 0.05) is 29.8 Å². The van der Waals surface area contributed by atoms with Gasteiger partial charge in [-0.05, 0) is 6.07 Å². The number of carbonyl (C=O) groups is 1. The molecule has 2 atom stereocenters. The Morgan fingerprint density at radius 2 is 2.11 bits per heavy atom. The molecule has 1 aromatic heterocycles. The van der Waals surface area contributed by atoms with Crippen LogP contribution in [0.2, 0.25) is 5.02 Å². The molecule has 1 amide bonds. The van der Waals surface area contributed by atoms with Crippen molar-refractivity contribution in [3.05, 3.63) is 22.8 Å². The Bertz CT molecular complexity index is 459. The monoisotopic (exact) mass is 285 g/mol. The van der Waals surface area contributed by atoms with E-state index in [-0.39, 0.29) is 11.7 Å². The molecule has 2 unspecified atom stereocenters. The molecule has 1 fully saturated rings. The lowest BCUT2D eigenvalue weighted by molar-refractivity contribution is 0.0753. The number of hydrogen-bond donors (Lipinski definition) is 1. The van der Waals surface area contributed by atoms with E-state index in [0.717, 1.165) is 13.1 Å². The van der Waals surface area contributed by atoms with Gasteiger partial charge in [0.25, 0.3) is 5.91 Å². The third kappa shape index (κ3) is 2.90. The number of nitrogen functional groups attached to an aromatic ring is 1. The van der Waals surface area contributed by atoms with E-state index in [1.807, 2.05) is 16.7 Å². The number of halogens is 1. The molecule has 0 aliphatic carbocycles. The highest BCUT2D eigenvalue weighted by molar-refractivity contribution is 8.00. The number of hydrogen-bond acceptors (Lipinski definition) is 4. The highest BCUT2D eigenvalue weighted by Crippen LogP contribution is 2.26. The van der Waals surface area contributed by atoms with Crippen molar-refractivity contribution < 1.29 is 4.79 Å². The molecule has 98 valence electrons. The number of amides is 1. The summed E-state index contributed by atoms with van der Waals surface area (Å²) in [6, 6.07) is 1.59. The van der Waals surface area contributed by atoms with Crippen LogP contribution in [0.15, 0.2) is 12.3 Å². The maximum Gasteiger partial charge on any atom is 0.255 e. The molecule has 0 aromatic carbocycles. The van der Waals surface area contributed by atoms with Crippen molar-refractivity contribution in [2.45, 2.75) is 24.3 Å². The molecule has 2 heterocycles. The zero-order chi connectivity index (χ0) is 13.3. The molecule has 4 nitrogen and oxygen atoms in total. The predicted molar refractivity (Wildman–Crippen MR) is 76.1 cm³/mol. The molecular weight excluding hydrogens is 270 g/mol. The van der Waals surface area contributed by atoms with Gasteiger partial charge in [0.05, 0.1) is 10.6 Å². The number of pyridine rings is 1. The second-order valence-electron chi connectivity index (χ2n) is 4.56. The lowest BCUT2D eigenvalue weighted by Gasteiger charge is -2.34. The summed E-state index contributed by atoms with van der Waals surface area (Å²) < 4.78 is 0. The van der Waals surface area contributed by atoms with E-state index in [1.165, 1.54) is 6.20 Å². The summed E-state index contributed by atoms with van der Waals surface area (Å²) in [6.07, 6.45) is 1.49. The first-order valence-corrected chi connectivity index (χ1v) is 7.15. The molecule has 6 heteroatoms. The average molecular weight is 286 g/mol. The van der Waals surface area contributed by atoms with Crippen LogP contribution in [-0.2, 0) is 0 Å². The summed E-state index contributed by atoms with van der Waals surface area (Å²) >= 11 is 7.80. The normalized spacial score (nSPS) is 24.1. The Morgan fingerprint density at radius 1 is 1.50 bits per heavy atom. The lowest BCUT2D eigenvalue weighted by atomic mass is 10.2. The molecule has 0 radical (unpaired) electrons. The Hall–Kier alpha value is -0.940. The molecule has 1 saturated heterocycles. The van der Waals surface area contributed by atoms with E-state index in [2.05, 4.69) is 18.8 Å². The van der Waals surface area contributed by atoms with E-state index < -0.39 is 0 Å². The van der Waals surface area contributed by atoms with Crippen LogP contribution in [-0.4, -0.2) is 39.4 Å². The molecule has 18 heavy (non-hydrogen) atoms. The van der Waals surface area contributed by atoms with Crippen LogP contribution in [0.4, 0.5) is 5.82 Å². The van der Waals surface area contributed by atoms with Crippen molar-refractivity contribution in [2.75, 3.05) is 18.8 Å². The van der Waals surface area contributed by atoms with E-state index in [1.54, 1.807) is 6.07 Å². The molecule has 1 aliphatic heterocycles. The number of aromatic nitrogens is 1. The summed E-state index contributed by atoms with van der Waals surface area (Å²) in [5.74, 6) is 0.229. The Kier molecular flexibility index (Phi) is 4.02. The van der Waals surface area contributed by atoms with Crippen molar-refractivity contribution in [3.63, 3.8) is 0 Å². The van der Waals surface area contributed by atoms with Gasteiger partial charge in [0.15, 0.2) is 0 Å². The van der Waals surface area contributed by atoms with Crippen molar-refractivity contribution in [2.24, 2.45) is 0 Å². The first-order valence-electron chi connectivity index (χ1n) is 5.83. The third-order valence-electron chi connectivity index (χ3n) is 2.82. The predicted octanol–water partition coefficient (Wildman–Crippen LogP) is 2.28. The fraction of sp³-hybridized carbons (Fsp3) is 0.500. The number of carbonyl (C=O) groups excluding carboxylic acids is 1. The SMILES string of the molecule is CC1CN(C(=O)c2cnc(N)c(Cl)c2)CC(C)S1. The molecule has 2 rings (SSSR count). The Balaban J connectivity index is 2.17.